The zero-order valence-electron chi connectivity index (χ0n) is 18.3. The summed E-state index contributed by atoms with van der Waals surface area (Å²) in [5, 5.41) is 3.65. The first-order valence-corrected chi connectivity index (χ1v) is 11.4. The van der Waals surface area contributed by atoms with E-state index in [-0.39, 0.29) is 23.7 Å². The number of carbonyl (C=O) groups is 2. The Morgan fingerprint density at radius 3 is 2.45 bits per heavy atom. The number of rotatable bonds is 9. The van der Waals surface area contributed by atoms with E-state index in [2.05, 4.69) is 10.2 Å². The fourth-order valence-electron chi connectivity index (χ4n) is 4.25. The van der Waals surface area contributed by atoms with Gasteiger partial charge in [0.05, 0.1) is 12.1 Å². The molecule has 2 unspecified atom stereocenters. The molecule has 0 bridgehead atoms. The molecular formula is C25H32ClN3O2. The van der Waals surface area contributed by atoms with Crippen molar-refractivity contribution < 1.29 is 9.59 Å². The molecule has 0 aromatic heterocycles. The van der Waals surface area contributed by atoms with Crippen LogP contribution in [0.2, 0.25) is 5.02 Å². The number of ketones is 1. The number of nitrogens with zero attached hydrogens (tertiary/aromatic N) is 1. The first-order chi connectivity index (χ1) is 14.8. The van der Waals surface area contributed by atoms with Crippen LogP contribution in [0.15, 0.2) is 54.6 Å². The van der Waals surface area contributed by atoms with Gasteiger partial charge in [-0.2, -0.15) is 0 Å². The van der Waals surface area contributed by atoms with Gasteiger partial charge in [-0.25, -0.2) is 0 Å². The van der Waals surface area contributed by atoms with Crippen LogP contribution in [-0.4, -0.2) is 41.3 Å². The summed E-state index contributed by atoms with van der Waals surface area (Å²) in [4.78, 5) is 28.4. The Kier molecular flexibility index (Phi) is 8.24. The van der Waals surface area contributed by atoms with Crippen molar-refractivity contribution >= 4 is 23.3 Å². The molecule has 166 valence electrons. The molecule has 0 spiro atoms. The Balaban J connectivity index is 1.70. The summed E-state index contributed by atoms with van der Waals surface area (Å²) in [5.74, 6) is -0.0757. The van der Waals surface area contributed by atoms with Gasteiger partial charge in [-0.05, 0) is 61.6 Å². The molecule has 0 radical (unpaired) electrons. The fourth-order valence-corrected chi connectivity index (χ4v) is 4.38. The summed E-state index contributed by atoms with van der Waals surface area (Å²) in [5.41, 5.74) is 8.21. The van der Waals surface area contributed by atoms with Gasteiger partial charge in [0.1, 0.15) is 0 Å². The van der Waals surface area contributed by atoms with Crippen molar-refractivity contribution in [2.75, 3.05) is 6.54 Å². The average molecular weight is 442 g/mol. The maximum Gasteiger partial charge on any atom is 0.251 e. The molecule has 5 nitrogen and oxygen atoms in total. The molecule has 3 rings (SSSR count). The van der Waals surface area contributed by atoms with E-state index in [0.29, 0.717) is 17.0 Å². The van der Waals surface area contributed by atoms with Gasteiger partial charge in [-0.1, -0.05) is 55.8 Å². The van der Waals surface area contributed by atoms with Crippen LogP contribution < -0.4 is 11.1 Å². The number of amides is 1. The molecule has 1 heterocycles. The van der Waals surface area contributed by atoms with E-state index >= 15 is 0 Å². The van der Waals surface area contributed by atoms with Crippen LogP contribution in [0.1, 0.15) is 49.0 Å². The molecule has 0 saturated carbocycles. The molecule has 0 aliphatic carbocycles. The molecule has 2 aromatic carbocycles. The highest BCUT2D eigenvalue weighted by Gasteiger charge is 2.37. The van der Waals surface area contributed by atoms with Crippen molar-refractivity contribution in [3.8, 4) is 0 Å². The van der Waals surface area contributed by atoms with E-state index in [0.717, 1.165) is 31.5 Å². The van der Waals surface area contributed by atoms with Crippen LogP contribution in [0.3, 0.4) is 0 Å². The standard InChI is InChI=1S/C25H32ClN3O2/c1-17(2)15-21(28-25(31)19-7-4-3-5-8-19)24(30)23(27)22-9-6-14-29(22)16-18-10-12-20(26)13-11-18/h3-5,7-8,10-13,17,21-23H,6,9,14-16,27H2,1-2H3,(H,28,31)/t21-,22?,23?/m0/s1. The monoisotopic (exact) mass is 441 g/mol. The van der Waals surface area contributed by atoms with Crippen molar-refractivity contribution in [1.29, 1.82) is 0 Å². The van der Waals surface area contributed by atoms with Crippen LogP contribution >= 0.6 is 11.6 Å². The summed E-state index contributed by atoms with van der Waals surface area (Å²) in [7, 11) is 0. The minimum absolute atomic E-state index is 0.0357. The summed E-state index contributed by atoms with van der Waals surface area (Å²) < 4.78 is 0. The van der Waals surface area contributed by atoms with E-state index in [1.165, 1.54) is 0 Å². The molecule has 3 N–H and O–H groups in total. The normalized spacial score (nSPS) is 18.7. The molecule has 3 atom stereocenters. The molecule has 6 heteroatoms. The molecule has 1 saturated heterocycles. The van der Waals surface area contributed by atoms with E-state index in [1.54, 1.807) is 12.1 Å². The lowest BCUT2D eigenvalue weighted by molar-refractivity contribution is -0.123. The second kappa shape index (κ2) is 10.9. The van der Waals surface area contributed by atoms with Crippen LogP contribution in [0.5, 0.6) is 0 Å². The zero-order valence-corrected chi connectivity index (χ0v) is 19.0. The number of hydrogen-bond acceptors (Lipinski definition) is 4. The molecule has 1 fully saturated rings. The van der Waals surface area contributed by atoms with Crippen molar-refractivity contribution in [3.05, 3.63) is 70.7 Å². The third-order valence-electron chi connectivity index (χ3n) is 5.85. The Hall–Kier alpha value is -2.21. The van der Waals surface area contributed by atoms with Crippen LogP contribution in [0, 0.1) is 5.92 Å². The summed E-state index contributed by atoms with van der Waals surface area (Å²) in [6.45, 7) is 5.72. The molecule has 2 aromatic rings. The molecule has 1 aliphatic rings. The van der Waals surface area contributed by atoms with Gasteiger partial charge in [-0.3, -0.25) is 14.5 Å². The lowest BCUT2D eigenvalue weighted by Gasteiger charge is -2.31. The first kappa shape index (κ1) is 23.5. The number of nitrogens with one attached hydrogen (secondary N) is 1. The van der Waals surface area contributed by atoms with Crippen LogP contribution in [-0.2, 0) is 11.3 Å². The largest absolute Gasteiger partial charge is 0.342 e. The van der Waals surface area contributed by atoms with Crippen LogP contribution in [0.25, 0.3) is 0 Å². The van der Waals surface area contributed by atoms with Crippen molar-refractivity contribution in [2.24, 2.45) is 11.7 Å². The SMILES string of the molecule is CC(C)C[C@H](NC(=O)c1ccccc1)C(=O)C(N)C1CCCN1Cc1ccc(Cl)cc1. The van der Waals surface area contributed by atoms with Crippen molar-refractivity contribution in [2.45, 2.75) is 57.8 Å². The second-order valence-electron chi connectivity index (χ2n) is 8.76. The zero-order chi connectivity index (χ0) is 22.4. The summed E-state index contributed by atoms with van der Waals surface area (Å²) >= 11 is 6.00. The molecule has 1 amide bonds. The van der Waals surface area contributed by atoms with Crippen LogP contribution in [0.4, 0.5) is 0 Å². The lowest BCUT2D eigenvalue weighted by Crippen LogP contribution is -2.55. The van der Waals surface area contributed by atoms with E-state index in [1.807, 2.05) is 56.3 Å². The van der Waals surface area contributed by atoms with E-state index in [4.69, 9.17) is 17.3 Å². The van der Waals surface area contributed by atoms with Gasteiger partial charge < -0.3 is 11.1 Å². The third-order valence-corrected chi connectivity index (χ3v) is 6.10. The summed E-state index contributed by atoms with van der Waals surface area (Å²) in [6.07, 6.45) is 2.45. The number of nitrogens with two attached hydrogens (primary N) is 1. The van der Waals surface area contributed by atoms with Gasteiger partial charge in [0, 0.05) is 23.2 Å². The third kappa shape index (κ3) is 6.39. The smallest absolute Gasteiger partial charge is 0.251 e. The first-order valence-electron chi connectivity index (χ1n) is 11.0. The summed E-state index contributed by atoms with van der Waals surface area (Å²) in [6, 6.07) is 15.5. The molecular weight excluding hydrogens is 410 g/mol. The van der Waals surface area contributed by atoms with Gasteiger partial charge in [0.25, 0.3) is 5.91 Å². The fraction of sp³-hybridized carbons (Fsp3) is 0.440. The minimum Gasteiger partial charge on any atom is -0.342 e. The number of Topliss-reactive ketones (excluding diaryl/α,β-unsaturated/α-hetero) is 1. The predicted octanol–water partition coefficient (Wildman–Crippen LogP) is 4.05. The lowest BCUT2D eigenvalue weighted by atomic mass is 9.91. The topological polar surface area (TPSA) is 75.4 Å². The minimum atomic E-state index is -0.644. The van der Waals surface area contributed by atoms with Gasteiger partial charge in [0.2, 0.25) is 0 Å². The molecule has 31 heavy (non-hydrogen) atoms. The number of hydrogen-bond donors (Lipinski definition) is 2. The van der Waals surface area contributed by atoms with Gasteiger partial charge >= 0.3 is 0 Å². The maximum absolute atomic E-state index is 13.4. The average Bonchev–Trinajstić information content (AvgIpc) is 3.22. The molecule has 1 aliphatic heterocycles. The maximum atomic E-state index is 13.4. The number of halogens is 1. The van der Waals surface area contributed by atoms with Gasteiger partial charge in [-0.15, -0.1) is 0 Å². The second-order valence-corrected chi connectivity index (χ2v) is 9.19. The van der Waals surface area contributed by atoms with E-state index in [9.17, 15) is 9.59 Å². The van der Waals surface area contributed by atoms with Crippen molar-refractivity contribution in [1.82, 2.24) is 10.2 Å². The quantitative estimate of drug-likeness (QED) is 0.615. The van der Waals surface area contributed by atoms with Gasteiger partial charge in [0.15, 0.2) is 5.78 Å². The number of likely N-dealkylation sites (tertiary alicyclic amines) is 1. The highest BCUT2D eigenvalue weighted by Crippen LogP contribution is 2.24. The number of carbonyl (C=O) groups excluding carboxylic acids is 2. The highest BCUT2D eigenvalue weighted by atomic mass is 35.5. The Labute approximate surface area is 190 Å². The van der Waals surface area contributed by atoms with Crippen molar-refractivity contribution in [3.63, 3.8) is 0 Å². The Morgan fingerprint density at radius 1 is 1.13 bits per heavy atom. The predicted molar refractivity (Wildman–Crippen MR) is 125 cm³/mol. The number of benzene rings is 2. The Bertz CT molecular complexity index is 870. The highest BCUT2D eigenvalue weighted by molar-refractivity contribution is 6.30. The Morgan fingerprint density at radius 2 is 1.81 bits per heavy atom. The van der Waals surface area contributed by atoms with E-state index < -0.39 is 12.1 Å².